The Kier molecular flexibility index (Phi) is 12.5. The van der Waals surface area contributed by atoms with Crippen molar-refractivity contribution in [1.29, 1.82) is 0 Å². The fourth-order valence-electron chi connectivity index (χ4n) is 3.28. The van der Waals surface area contributed by atoms with Crippen LogP contribution in [0.4, 0.5) is 13.2 Å². The molecule has 46 heavy (non-hydrogen) atoms. The van der Waals surface area contributed by atoms with E-state index in [1.54, 1.807) is 24.3 Å². The Morgan fingerprint density at radius 3 is 1.48 bits per heavy atom. The minimum Gasteiger partial charge on any atom is -0.457 e. The van der Waals surface area contributed by atoms with Gasteiger partial charge in [0.1, 0.15) is 28.6 Å². The lowest BCUT2D eigenvalue weighted by atomic mass is 10.1. The van der Waals surface area contributed by atoms with Crippen LogP contribution in [0, 0.1) is 0 Å². The highest BCUT2D eigenvalue weighted by atomic mass is 19.4. The Morgan fingerprint density at radius 1 is 0.609 bits per heavy atom. The lowest BCUT2D eigenvalue weighted by Crippen LogP contribution is -2.13. The molecule has 0 unspecified atom stereocenters. The zero-order valence-electron chi connectivity index (χ0n) is 23.9. The second-order valence-corrected chi connectivity index (χ2v) is 8.66. The molecule has 0 aliphatic carbocycles. The van der Waals surface area contributed by atoms with Gasteiger partial charge >= 0.3 is 30.1 Å². The van der Waals surface area contributed by atoms with Crippen molar-refractivity contribution in [3.8, 4) is 23.0 Å². The van der Waals surface area contributed by atoms with Crippen molar-refractivity contribution in [2.75, 3.05) is 13.6 Å². The molecular weight excluding hydrogens is 613 g/mol. The van der Waals surface area contributed by atoms with Gasteiger partial charge in [-0.25, -0.2) is 19.2 Å². The number of hydrogen-bond donors (Lipinski definition) is 0. The average Bonchev–Trinajstić information content (AvgIpc) is 3.04. The molecule has 0 aliphatic rings. The lowest BCUT2D eigenvalue weighted by Gasteiger charge is -2.13. The molecule has 0 atom stereocenters. The zero-order valence-corrected chi connectivity index (χ0v) is 23.9. The van der Waals surface area contributed by atoms with Crippen LogP contribution < -0.4 is 18.9 Å². The topological polar surface area (TPSA) is 124 Å². The SMILES string of the molecule is C=CC(=O)OCOc1ccc(/C=C/C(=O)Oc2ccc(OC(=O)/C=C/c3ccc(OCOC(=O)C=C)cc3)c(C(F)(F)F)c2)cc1. The second kappa shape index (κ2) is 16.7. The molecule has 238 valence electrons. The van der Waals surface area contributed by atoms with E-state index < -0.39 is 47.1 Å². The van der Waals surface area contributed by atoms with Crippen molar-refractivity contribution in [1.82, 2.24) is 0 Å². The van der Waals surface area contributed by atoms with E-state index in [2.05, 4.69) is 13.2 Å². The van der Waals surface area contributed by atoms with Crippen molar-refractivity contribution in [3.63, 3.8) is 0 Å². The van der Waals surface area contributed by atoms with Gasteiger partial charge in [0.15, 0.2) is 0 Å². The fourth-order valence-corrected chi connectivity index (χ4v) is 3.28. The summed E-state index contributed by atoms with van der Waals surface area (Å²) >= 11 is 0. The van der Waals surface area contributed by atoms with Gasteiger partial charge in [-0.3, -0.25) is 0 Å². The molecular formula is C33H25F3O10. The van der Waals surface area contributed by atoms with Crippen molar-refractivity contribution < 1.29 is 60.8 Å². The van der Waals surface area contributed by atoms with E-state index in [-0.39, 0.29) is 13.6 Å². The quantitative estimate of drug-likeness (QED) is 0.0889. The normalized spacial score (nSPS) is 11.0. The number of esters is 4. The fraction of sp³-hybridized carbons (Fsp3) is 0.0909. The van der Waals surface area contributed by atoms with E-state index in [9.17, 15) is 32.3 Å². The number of carbonyl (C=O) groups excluding carboxylic acids is 4. The van der Waals surface area contributed by atoms with Crippen molar-refractivity contribution >= 4 is 36.0 Å². The summed E-state index contributed by atoms with van der Waals surface area (Å²) in [4.78, 5) is 46.6. The Balaban J connectivity index is 1.57. The minimum absolute atomic E-state index is 0.328. The smallest absolute Gasteiger partial charge is 0.420 e. The molecule has 0 heterocycles. The third-order valence-corrected chi connectivity index (χ3v) is 5.46. The van der Waals surface area contributed by atoms with Gasteiger partial charge in [0.25, 0.3) is 0 Å². The van der Waals surface area contributed by atoms with Crippen LogP contribution in [-0.4, -0.2) is 37.5 Å². The number of ether oxygens (including phenoxy) is 6. The van der Waals surface area contributed by atoms with Gasteiger partial charge in [-0.1, -0.05) is 37.4 Å². The summed E-state index contributed by atoms with van der Waals surface area (Å²) in [5, 5.41) is 0. The van der Waals surface area contributed by atoms with Crippen molar-refractivity contribution in [2.45, 2.75) is 6.18 Å². The Morgan fingerprint density at radius 2 is 1.04 bits per heavy atom. The van der Waals surface area contributed by atoms with Crippen LogP contribution in [0.5, 0.6) is 23.0 Å². The van der Waals surface area contributed by atoms with Gasteiger partial charge in [0, 0.05) is 24.3 Å². The van der Waals surface area contributed by atoms with Crippen LogP contribution >= 0.6 is 0 Å². The molecule has 3 rings (SSSR count). The Bertz CT molecular complexity index is 1620. The summed E-state index contributed by atoms with van der Waals surface area (Å²) in [6, 6.07) is 14.8. The number of alkyl halides is 3. The molecule has 0 bridgehead atoms. The number of benzene rings is 3. The van der Waals surface area contributed by atoms with Crippen molar-refractivity contribution in [3.05, 3.63) is 121 Å². The maximum Gasteiger partial charge on any atom is 0.420 e. The van der Waals surface area contributed by atoms with E-state index >= 15 is 0 Å². The first kappa shape index (κ1) is 34.4. The van der Waals surface area contributed by atoms with E-state index in [4.69, 9.17) is 28.4 Å². The van der Waals surface area contributed by atoms with Gasteiger partial charge < -0.3 is 28.4 Å². The van der Waals surface area contributed by atoms with Gasteiger partial charge in [-0.05, 0) is 65.7 Å². The van der Waals surface area contributed by atoms with E-state index in [1.807, 2.05) is 0 Å². The predicted molar refractivity (Wildman–Crippen MR) is 157 cm³/mol. The third-order valence-electron chi connectivity index (χ3n) is 5.46. The van der Waals surface area contributed by atoms with Crippen LogP contribution in [0.2, 0.25) is 0 Å². The maximum absolute atomic E-state index is 13.7. The number of hydrogen-bond acceptors (Lipinski definition) is 10. The zero-order chi connectivity index (χ0) is 33.5. The molecule has 3 aromatic rings. The van der Waals surface area contributed by atoms with Crippen LogP contribution in [0.1, 0.15) is 16.7 Å². The molecule has 13 heteroatoms. The van der Waals surface area contributed by atoms with Gasteiger partial charge in [-0.15, -0.1) is 0 Å². The molecule has 0 aromatic heterocycles. The van der Waals surface area contributed by atoms with E-state index in [0.29, 0.717) is 28.7 Å². The molecule has 0 fully saturated rings. The first-order valence-corrected chi connectivity index (χ1v) is 13.0. The number of carbonyl (C=O) groups is 4. The van der Waals surface area contributed by atoms with Gasteiger partial charge in [-0.2, -0.15) is 13.2 Å². The summed E-state index contributed by atoms with van der Waals surface area (Å²) in [5.74, 6) is -3.87. The number of halogens is 3. The molecule has 0 spiro atoms. The van der Waals surface area contributed by atoms with Crippen molar-refractivity contribution in [2.24, 2.45) is 0 Å². The molecule has 0 amide bonds. The maximum atomic E-state index is 13.7. The molecule has 0 aliphatic heterocycles. The minimum atomic E-state index is -4.94. The van der Waals surface area contributed by atoms with E-state index in [1.165, 1.54) is 36.4 Å². The molecule has 3 aromatic carbocycles. The predicted octanol–water partition coefficient (Wildman–Crippen LogP) is 6.07. The first-order valence-electron chi connectivity index (χ1n) is 13.0. The standard InChI is InChI=1S/C33H25F3O10/c1-3-29(37)43-20-41-24-11-5-22(6-12-24)9-17-31(39)45-26-15-16-28(27(19-26)33(34,35)36)46-32(40)18-10-23-7-13-25(14-8-23)42-21-44-30(38)4-2/h3-19H,1-2,20-21H2/b17-9+,18-10+. The largest absolute Gasteiger partial charge is 0.457 e. The first-order chi connectivity index (χ1) is 22.0. The van der Waals surface area contributed by atoms with E-state index in [0.717, 1.165) is 36.4 Å². The second-order valence-electron chi connectivity index (χ2n) is 8.66. The molecule has 0 saturated carbocycles. The van der Waals surface area contributed by atoms with Crippen LogP contribution in [-0.2, 0) is 34.8 Å². The summed E-state index contributed by atoms with van der Waals surface area (Å²) in [5.41, 5.74) is -0.305. The summed E-state index contributed by atoms with van der Waals surface area (Å²) in [6.07, 6.45) is 1.62. The number of rotatable bonds is 14. The molecule has 0 N–H and O–H groups in total. The Labute approximate surface area is 260 Å². The summed E-state index contributed by atoms with van der Waals surface area (Å²) < 4.78 is 71.0. The molecule has 0 saturated heterocycles. The monoisotopic (exact) mass is 638 g/mol. The van der Waals surface area contributed by atoms with Crippen LogP contribution in [0.15, 0.2) is 104 Å². The molecule has 10 nitrogen and oxygen atoms in total. The Hall–Kier alpha value is -6.11. The highest BCUT2D eigenvalue weighted by molar-refractivity contribution is 5.90. The highest BCUT2D eigenvalue weighted by Gasteiger charge is 2.35. The summed E-state index contributed by atoms with van der Waals surface area (Å²) in [7, 11) is 0. The highest BCUT2D eigenvalue weighted by Crippen LogP contribution is 2.38. The van der Waals surface area contributed by atoms with Gasteiger partial charge in [0.2, 0.25) is 13.6 Å². The van der Waals surface area contributed by atoms with Crippen LogP contribution in [0.3, 0.4) is 0 Å². The summed E-state index contributed by atoms with van der Waals surface area (Å²) in [6.45, 7) is 5.84. The molecule has 0 radical (unpaired) electrons. The van der Waals surface area contributed by atoms with Gasteiger partial charge in [0.05, 0.1) is 0 Å². The third kappa shape index (κ3) is 11.5. The lowest BCUT2D eigenvalue weighted by molar-refractivity contribution is -0.145. The average molecular weight is 639 g/mol. The van der Waals surface area contributed by atoms with Crippen LogP contribution in [0.25, 0.3) is 12.2 Å².